The Morgan fingerprint density at radius 2 is 0.969 bits per heavy atom. The van der Waals surface area contributed by atoms with Crippen LogP contribution in [0.1, 0.15) is 52.5 Å². The van der Waals surface area contributed by atoms with Gasteiger partial charge in [-0.1, -0.05) is 194 Å². The van der Waals surface area contributed by atoms with Crippen LogP contribution in [0.3, 0.4) is 0 Å². The van der Waals surface area contributed by atoms with Gasteiger partial charge >= 0.3 is 0 Å². The molecular weight excluding hydrogens is 773 g/mol. The van der Waals surface area contributed by atoms with Crippen LogP contribution in [0, 0.1) is 5.92 Å². The lowest BCUT2D eigenvalue weighted by Crippen LogP contribution is -2.28. The second-order valence-electron chi connectivity index (χ2n) is 17.8. The van der Waals surface area contributed by atoms with Crippen LogP contribution in [0.25, 0.3) is 55.3 Å². The van der Waals surface area contributed by atoms with Gasteiger partial charge in [-0.25, -0.2) is 0 Å². The van der Waals surface area contributed by atoms with Crippen molar-refractivity contribution < 1.29 is 0 Å². The van der Waals surface area contributed by atoms with E-state index < -0.39 is 0 Å². The van der Waals surface area contributed by atoms with E-state index in [9.17, 15) is 0 Å². The molecule has 4 atom stereocenters. The third-order valence-corrected chi connectivity index (χ3v) is 14.5. The molecule has 4 unspecified atom stereocenters. The SMILES string of the molecule is C1=CC2c3ccccc3N(c3ccc(-c4ccc(C5=C6CCC=CC6C(c6ccc(-c7ccc(-n8c9ccccc9c9ccccc98)cc7)cc6)c6ccccc65)cc4)cc3)C2C=C1. The van der Waals surface area contributed by atoms with E-state index in [0.717, 1.165) is 12.8 Å². The first-order chi connectivity index (χ1) is 31.8. The lowest BCUT2D eigenvalue weighted by Gasteiger charge is -2.38. The zero-order valence-electron chi connectivity index (χ0n) is 35.6. The predicted octanol–water partition coefficient (Wildman–Crippen LogP) is 15.8. The van der Waals surface area contributed by atoms with Crippen molar-refractivity contribution in [1.29, 1.82) is 0 Å². The summed E-state index contributed by atoms with van der Waals surface area (Å²) in [6, 6.07) is 72.8. The van der Waals surface area contributed by atoms with Crippen molar-refractivity contribution in [2.75, 3.05) is 4.90 Å². The van der Waals surface area contributed by atoms with Crippen LogP contribution < -0.4 is 4.90 Å². The Kier molecular flexibility index (Phi) is 8.65. The molecule has 0 bridgehead atoms. The molecule has 2 heterocycles. The van der Waals surface area contributed by atoms with E-state index in [1.54, 1.807) is 5.57 Å². The fourth-order valence-electron chi connectivity index (χ4n) is 11.6. The van der Waals surface area contributed by atoms with Gasteiger partial charge in [-0.2, -0.15) is 0 Å². The fourth-order valence-corrected chi connectivity index (χ4v) is 11.6. The fraction of sp³-hybridized carbons (Fsp3) is 0.0968. The predicted molar refractivity (Wildman–Crippen MR) is 268 cm³/mol. The molecule has 9 aromatic rings. The molecule has 0 fully saturated rings. The molecule has 0 saturated heterocycles. The van der Waals surface area contributed by atoms with Gasteiger partial charge < -0.3 is 9.47 Å². The Balaban J connectivity index is 0.789. The van der Waals surface area contributed by atoms with Crippen molar-refractivity contribution in [3.05, 3.63) is 264 Å². The van der Waals surface area contributed by atoms with E-state index in [-0.39, 0.29) is 5.92 Å². The summed E-state index contributed by atoms with van der Waals surface area (Å²) in [5.74, 6) is 0.957. The maximum absolute atomic E-state index is 2.50. The summed E-state index contributed by atoms with van der Waals surface area (Å²) >= 11 is 0. The highest BCUT2D eigenvalue weighted by Gasteiger charge is 2.38. The molecule has 0 saturated carbocycles. The van der Waals surface area contributed by atoms with E-state index in [2.05, 4.69) is 240 Å². The van der Waals surface area contributed by atoms with Crippen LogP contribution >= 0.6 is 0 Å². The van der Waals surface area contributed by atoms with Gasteiger partial charge in [0.05, 0.1) is 17.1 Å². The lowest BCUT2D eigenvalue weighted by molar-refractivity contribution is 0.596. The van der Waals surface area contributed by atoms with Gasteiger partial charge in [-0.15, -0.1) is 0 Å². The standard InChI is InChI=1S/C62H46N2/c1-2-18-54-53(17-1)61(45-29-25-41(26-30-45)43-33-37-47(38-34-43)63-57-21-9-5-13-49(57)50-14-6-10-22-58(50)63)55-19-3-4-20-56(55)62(54)46-31-27-42(28-32-46)44-35-39-48(40-36-44)64-59-23-11-7-15-51(59)52-16-8-12-24-60(52)64/h1-3,5-19,21-40,51,55,59,61H,4,20H2. The second kappa shape index (κ2) is 15.0. The Morgan fingerprint density at radius 1 is 0.422 bits per heavy atom. The number of rotatable bonds is 6. The molecular formula is C62H46N2. The van der Waals surface area contributed by atoms with Gasteiger partial charge in [0.15, 0.2) is 0 Å². The lowest BCUT2D eigenvalue weighted by atomic mass is 9.65. The average Bonchev–Trinajstić information content (AvgIpc) is 3.89. The Bertz CT molecular complexity index is 3320. The third-order valence-electron chi connectivity index (χ3n) is 14.5. The molecule has 0 radical (unpaired) electrons. The number of para-hydroxylation sites is 3. The molecule has 0 spiro atoms. The summed E-state index contributed by atoms with van der Waals surface area (Å²) in [6.07, 6.45) is 16.1. The first-order valence-corrected chi connectivity index (χ1v) is 22.9. The molecule has 0 amide bonds. The van der Waals surface area contributed by atoms with Crippen molar-refractivity contribution in [2.24, 2.45) is 5.92 Å². The van der Waals surface area contributed by atoms with Gasteiger partial charge in [0.25, 0.3) is 0 Å². The topological polar surface area (TPSA) is 8.17 Å². The summed E-state index contributed by atoms with van der Waals surface area (Å²) < 4.78 is 2.39. The quantitative estimate of drug-likeness (QED) is 0.152. The van der Waals surface area contributed by atoms with Crippen molar-refractivity contribution >= 4 is 38.8 Å². The highest BCUT2D eigenvalue weighted by atomic mass is 15.2. The smallest absolute Gasteiger partial charge is 0.0629 e. The molecule has 1 aliphatic heterocycles. The van der Waals surface area contributed by atoms with Gasteiger partial charge in [0, 0.05) is 45.6 Å². The van der Waals surface area contributed by atoms with E-state index in [1.807, 2.05) is 0 Å². The molecule has 304 valence electrons. The van der Waals surface area contributed by atoms with Crippen molar-refractivity contribution in [1.82, 2.24) is 4.57 Å². The molecule has 2 heteroatoms. The first kappa shape index (κ1) is 36.9. The minimum atomic E-state index is 0.258. The number of benzene rings is 8. The summed E-state index contributed by atoms with van der Waals surface area (Å²) in [7, 11) is 0. The maximum atomic E-state index is 2.50. The minimum absolute atomic E-state index is 0.258. The van der Waals surface area contributed by atoms with Gasteiger partial charge in [-0.3, -0.25) is 0 Å². The Labute approximate surface area is 375 Å². The van der Waals surface area contributed by atoms with Crippen molar-refractivity contribution in [2.45, 2.75) is 30.7 Å². The zero-order valence-corrected chi connectivity index (χ0v) is 35.6. The van der Waals surface area contributed by atoms with Crippen LogP contribution in [-0.4, -0.2) is 10.6 Å². The number of anilines is 2. The van der Waals surface area contributed by atoms with Crippen LogP contribution in [-0.2, 0) is 0 Å². The Hall–Kier alpha value is -7.68. The van der Waals surface area contributed by atoms with E-state index >= 15 is 0 Å². The van der Waals surface area contributed by atoms with Crippen molar-refractivity contribution in [3.63, 3.8) is 0 Å². The maximum Gasteiger partial charge on any atom is 0.0629 e. The number of allylic oxidation sites excluding steroid dienone is 5. The van der Waals surface area contributed by atoms with Crippen LogP contribution in [0.5, 0.6) is 0 Å². The molecule has 2 nitrogen and oxygen atoms in total. The van der Waals surface area contributed by atoms with Crippen LogP contribution in [0.15, 0.2) is 236 Å². The number of nitrogens with zero attached hydrogens (tertiary/aromatic N) is 2. The average molecular weight is 819 g/mol. The molecule has 64 heavy (non-hydrogen) atoms. The van der Waals surface area contributed by atoms with E-state index in [4.69, 9.17) is 0 Å². The van der Waals surface area contributed by atoms with Gasteiger partial charge in [0.2, 0.25) is 0 Å². The zero-order chi connectivity index (χ0) is 42.1. The molecule has 3 aliphatic carbocycles. The summed E-state index contributed by atoms with van der Waals surface area (Å²) in [6.45, 7) is 0. The molecule has 13 rings (SSSR count). The number of hydrogen-bond donors (Lipinski definition) is 0. The summed E-state index contributed by atoms with van der Waals surface area (Å²) in [5.41, 5.74) is 21.0. The third kappa shape index (κ3) is 5.86. The monoisotopic (exact) mass is 818 g/mol. The van der Waals surface area contributed by atoms with E-state index in [1.165, 1.54) is 94.5 Å². The molecule has 0 N–H and O–H groups in total. The highest BCUT2D eigenvalue weighted by Crippen LogP contribution is 2.52. The minimum Gasteiger partial charge on any atom is -0.333 e. The van der Waals surface area contributed by atoms with Crippen LogP contribution in [0.4, 0.5) is 11.4 Å². The largest absolute Gasteiger partial charge is 0.333 e. The van der Waals surface area contributed by atoms with Crippen LogP contribution in [0.2, 0.25) is 0 Å². The van der Waals surface area contributed by atoms with Crippen molar-refractivity contribution in [3.8, 4) is 27.9 Å². The number of fused-ring (bicyclic) bond motifs is 8. The molecule has 8 aromatic carbocycles. The number of aromatic nitrogens is 1. The van der Waals surface area contributed by atoms with Gasteiger partial charge in [-0.05, 0) is 111 Å². The van der Waals surface area contributed by atoms with Gasteiger partial charge in [0.1, 0.15) is 0 Å². The normalized spacial score (nSPS) is 19.5. The molecule has 1 aromatic heterocycles. The highest BCUT2D eigenvalue weighted by molar-refractivity contribution is 6.09. The summed E-state index contributed by atoms with van der Waals surface area (Å²) in [5, 5.41) is 2.57. The molecule has 4 aliphatic rings. The number of hydrogen-bond acceptors (Lipinski definition) is 1. The van der Waals surface area contributed by atoms with E-state index in [0.29, 0.717) is 17.9 Å². The Morgan fingerprint density at radius 3 is 1.67 bits per heavy atom. The first-order valence-electron chi connectivity index (χ1n) is 22.9. The second-order valence-corrected chi connectivity index (χ2v) is 17.8. The summed E-state index contributed by atoms with van der Waals surface area (Å²) in [4.78, 5) is 2.50.